The predicted molar refractivity (Wildman–Crippen MR) is 80.6 cm³/mol. The topological polar surface area (TPSA) is 34.4 Å². The molecule has 4 heteroatoms. The van der Waals surface area contributed by atoms with Crippen molar-refractivity contribution in [3.63, 3.8) is 0 Å². The molecule has 0 spiro atoms. The van der Waals surface area contributed by atoms with Crippen molar-refractivity contribution < 1.29 is 9.15 Å². The summed E-state index contributed by atoms with van der Waals surface area (Å²) in [4.78, 5) is 0. The number of ether oxygens (including phenoxy) is 1. The lowest BCUT2D eigenvalue weighted by Gasteiger charge is -2.08. The van der Waals surface area contributed by atoms with E-state index in [2.05, 4.69) is 18.3 Å². The van der Waals surface area contributed by atoms with E-state index in [-0.39, 0.29) is 0 Å². The highest BCUT2D eigenvalue weighted by atomic mass is 35.5. The number of halogens is 1. The zero-order valence-corrected chi connectivity index (χ0v) is 12.4. The highest BCUT2D eigenvalue weighted by molar-refractivity contribution is 6.32. The Balaban J connectivity index is 1.63. The van der Waals surface area contributed by atoms with E-state index in [0.29, 0.717) is 23.2 Å². The van der Waals surface area contributed by atoms with Crippen LogP contribution in [0.4, 0.5) is 5.69 Å². The van der Waals surface area contributed by atoms with E-state index in [4.69, 9.17) is 20.8 Å². The molecule has 1 fully saturated rings. The molecule has 1 aliphatic carbocycles. The fourth-order valence-electron chi connectivity index (χ4n) is 2.37. The van der Waals surface area contributed by atoms with Crippen LogP contribution in [0.1, 0.15) is 30.8 Å². The fraction of sp³-hybridized carbons (Fsp3) is 0.375. The van der Waals surface area contributed by atoms with Gasteiger partial charge < -0.3 is 14.5 Å². The van der Waals surface area contributed by atoms with Gasteiger partial charge in [-0.2, -0.15) is 0 Å². The molecular formula is C16H18ClNO2. The number of benzene rings is 1. The number of methoxy groups -OCH3 is 1. The van der Waals surface area contributed by atoms with Crippen molar-refractivity contribution in [2.45, 2.75) is 25.8 Å². The van der Waals surface area contributed by atoms with Crippen molar-refractivity contribution in [2.75, 3.05) is 12.4 Å². The number of anilines is 1. The Kier molecular flexibility index (Phi) is 3.62. The minimum atomic E-state index is 0.612. The molecule has 3 rings (SSSR count). The molecule has 1 heterocycles. The normalized spacial score (nSPS) is 20.8. The summed E-state index contributed by atoms with van der Waals surface area (Å²) in [7, 11) is 1.61. The van der Waals surface area contributed by atoms with Crippen LogP contribution in [-0.2, 0) is 6.54 Å². The van der Waals surface area contributed by atoms with Crippen molar-refractivity contribution in [1.82, 2.24) is 0 Å². The standard InChI is InChI=1S/C16H18ClNO2/c1-10-7-13(10)15-6-4-12(20-15)9-18-11-3-5-14(17)16(8-11)19-2/h3-6,8,10,13,18H,7,9H2,1-2H3. The van der Waals surface area contributed by atoms with Crippen LogP contribution in [0.15, 0.2) is 34.7 Å². The fourth-order valence-corrected chi connectivity index (χ4v) is 2.56. The minimum Gasteiger partial charge on any atom is -0.495 e. The van der Waals surface area contributed by atoms with E-state index in [1.54, 1.807) is 7.11 Å². The first-order chi connectivity index (χ1) is 9.67. The summed E-state index contributed by atoms with van der Waals surface area (Å²) in [5.41, 5.74) is 0.962. The van der Waals surface area contributed by atoms with Gasteiger partial charge in [-0.3, -0.25) is 0 Å². The third kappa shape index (κ3) is 2.78. The van der Waals surface area contributed by atoms with Gasteiger partial charge in [0.15, 0.2) is 0 Å². The van der Waals surface area contributed by atoms with Gasteiger partial charge in [0.05, 0.1) is 18.7 Å². The summed E-state index contributed by atoms with van der Waals surface area (Å²) in [5.74, 6) is 4.13. The molecule has 0 bridgehead atoms. The summed E-state index contributed by atoms with van der Waals surface area (Å²) in [6, 6.07) is 9.77. The van der Waals surface area contributed by atoms with E-state index in [1.165, 1.54) is 6.42 Å². The molecule has 1 aromatic carbocycles. The van der Waals surface area contributed by atoms with Gasteiger partial charge >= 0.3 is 0 Å². The predicted octanol–water partition coefficient (Wildman–Crippen LogP) is 4.68. The van der Waals surface area contributed by atoms with Gasteiger partial charge in [-0.05, 0) is 36.6 Å². The third-order valence-corrected chi connectivity index (χ3v) is 4.09. The third-order valence-electron chi connectivity index (χ3n) is 3.78. The number of hydrogen-bond donors (Lipinski definition) is 1. The quantitative estimate of drug-likeness (QED) is 0.869. The Bertz CT molecular complexity index is 608. The van der Waals surface area contributed by atoms with Crippen LogP contribution in [0.25, 0.3) is 0 Å². The molecule has 1 aromatic heterocycles. The van der Waals surface area contributed by atoms with Crippen molar-refractivity contribution in [1.29, 1.82) is 0 Å². The molecule has 0 radical (unpaired) electrons. The highest BCUT2D eigenvalue weighted by Gasteiger charge is 2.36. The molecule has 3 nitrogen and oxygen atoms in total. The van der Waals surface area contributed by atoms with Crippen molar-refractivity contribution >= 4 is 17.3 Å². The number of hydrogen-bond acceptors (Lipinski definition) is 3. The first-order valence-electron chi connectivity index (χ1n) is 6.83. The van der Waals surface area contributed by atoms with Gasteiger partial charge in [-0.15, -0.1) is 0 Å². The molecule has 20 heavy (non-hydrogen) atoms. The Morgan fingerprint density at radius 3 is 2.85 bits per heavy atom. The number of nitrogens with one attached hydrogen (secondary N) is 1. The van der Waals surface area contributed by atoms with Crippen LogP contribution in [0.3, 0.4) is 0 Å². The molecule has 2 aromatic rings. The van der Waals surface area contributed by atoms with Crippen LogP contribution in [0, 0.1) is 5.92 Å². The van der Waals surface area contributed by atoms with E-state index in [0.717, 1.165) is 23.1 Å². The van der Waals surface area contributed by atoms with Crippen molar-refractivity contribution in [2.24, 2.45) is 5.92 Å². The van der Waals surface area contributed by atoms with E-state index >= 15 is 0 Å². The van der Waals surface area contributed by atoms with Crippen molar-refractivity contribution in [3.8, 4) is 5.75 Å². The smallest absolute Gasteiger partial charge is 0.139 e. The number of furan rings is 1. The first kappa shape index (κ1) is 13.4. The lowest BCUT2D eigenvalue weighted by molar-refractivity contribution is 0.415. The maximum absolute atomic E-state index is 6.00. The zero-order chi connectivity index (χ0) is 14.1. The Morgan fingerprint density at radius 2 is 2.15 bits per heavy atom. The SMILES string of the molecule is COc1cc(NCc2ccc(C3CC3C)o2)ccc1Cl. The first-order valence-corrected chi connectivity index (χ1v) is 7.21. The molecule has 1 aliphatic rings. The molecule has 106 valence electrons. The Morgan fingerprint density at radius 1 is 1.35 bits per heavy atom. The van der Waals surface area contributed by atoms with Gasteiger partial charge in [0.1, 0.15) is 17.3 Å². The largest absolute Gasteiger partial charge is 0.495 e. The van der Waals surface area contributed by atoms with Gasteiger partial charge in [-0.25, -0.2) is 0 Å². The monoisotopic (exact) mass is 291 g/mol. The van der Waals surface area contributed by atoms with Crippen molar-refractivity contribution in [3.05, 3.63) is 46.9 Å². The summed E-state index contributed by atoms with van der Waals surface area (Å²) in [6.07, 6.45) is 1.24. The van der Waals surface area contributed by atoms with Crippen LogP contribution in [-0.4, -0.2) is 7.11 Å². The van der Waals surface area contributed by atoms with Gasteiger partial charge in [0, 0.05) is 17.7 Å². The lowest BCUT2D eigenvalue weighted by atomic mass is 10.3. The van der Waals surface area contributed by atoms with Crippen LogP contribution in [0.2, 0.25) is 5.02 Å². The van der Waals surface area contributed by atoms with E-state index < -0.39 is 0 Å². The van der Waals surface area contributed by atoms with Crippen LogP contribution < -0.4 is 10.1 Å². The Labute approximate surface area is 123 Å². The van der Waals surface area contributed by atoms with Crippen LogP contribution in [0.5, 0.6) is 5.75 Å². The van der Waals surface area contributed by atoms with Gasteiger partial charge in [-0.1, -0.05) is 18.5 Å². The average molecular weight is 292 g/mol. The molecule has 2 atom stereocenters. The molecule has 0 saturated heterocycles. The maximum Gasteiger partial charge on any atom is 0.139 e. The lowest BCUT2D eigenvalue weighted by Crippen LogP contribution is -1.98. The molecule has 1 saturated carbocycles. The van der Waals surface area contributed by atoms with Gasteiger partial charge in [0.25, 0.3) is 0 Å². The van der Waals surface area contributed by atoms with Crippen LogP contribution >= 0.6 is 11.6 Å². The average Bonchev–Trinajstić information content (AvgIpc) is 3.00. The summed E-state index contributed by atoms with van der Waals surface area (Å²) in [5, 5.41) is 3.93. The second kappa shape index (κ2) is 5.41. The molecule has 2 unspecified atom stereocenters. The number of rotatable bonds is 5. The highest BCUT2D eigenvalue weighted by Crippen LogP contribution is 2.47. The Hall–Kier alpha value is -1.61. The summed E-state index contributed by atoms with van der Waals surface area (Å²) >= 11 is 6.00. The molecular weight excluding hydrogens is 274 g/mol. The second-order valence-electron chi connectivity index (χ2n) is 5.33. The molecule has 0 amide bonds. The maximum atomic E-state index is 6.00. The zero-order valence-electron chi connectivity index (χ0n) is 11.7. The minimum absolute atomic E-state index is 0.612. The second-order valence-corrected chi connectivity index (χ2v) is 5.73. The van der Waals surface area contributed by atoms with Gasteiger partial charge in [0.2, 0.25) is 0 Å². The molecule has 0 aliphatic heterocycles. The van der Waals surface area contributed by atoms with E-state index in [1.807, 2.05) is 24.3 Å². The summed E-state index contributed by atoms with van der Waals surface area (Å²) in [6.45, 7) is 2.91. The molecule has 1 N–H and O–H groups in total. The summed E-state index contributed by atoms with van der Waals surface area (Å²) < 4.78 is 11.1. The van der Waals surface area contributed by atoms with E-state index in [9.17, 15) is 0 Å².